The van der Waals surface area contributed by atoms with Crippen molar-refractivity contribution in [3.63, 3.8) is 0 Å². The summed E-state index contributed by atoms with van der Waals surface area (Å²) in [5.74, 6) is -0.142. The average molecular weight is 359 g/mol. The zero-order valence-corrected chi connectivity index (χ0v) is 14.3. The Kier molecular flexibility index (Phi) is 6.66. The van der Waals surface area contributed by atoms with Crippen molar-refractivity contribution in [1.29, 1.82) is 0 Å². The predicted molar refractivity (Wildman–Crippen MR) is 78.1 cm³/mol. The fourth-order valence-corrected chi connectivity index (χ4v) is 4.57. The Morgan fingerprint density at radius 3 is 2.18 bits per heavy atom. The first kappa shape index (κ1) is 19.2. The van der Waals surface area contributed by atoms with Crippen molar-refractivity contribution < 1.29 is 26.8 Å². The zero-order valence-electron chi connectivity index (χ0n) is 12.5. The van der Waals surface area contributed by atoms with Crippen LogP contribution in [0.15, 0.2) is 11.1 Å². The van der Waals surface area contributed by atoms with E-state index in [0.717, 1.165) is 6.07 Å². The fraction of sp³-hybridized carbons (Fsp3) is 0.636. The number of nitrogens with zero attached hydrogens (tertiary/aromatic N) is 3. The molecule has 0 aliphatic rings. The highest BCUT2D eigenvalue weighted by molar-refractivity contribution is 8.55. The van der Waals surface area contributed by atoms with Crippen molar-refractivity contribution in [3.8, 4) is 0 Å². The average Bonchev–Trinajstić information content (AvgIpc) is 2.37. The first-order valence-electron chi connectivity index (χ1n) is 6.33. The van der Waals surface area contributed by atoms with E-state index < -0.39 is 18.7 Å². The highest BCUT2D eigenvalue weighted by Gasteiger charge is 2.35. The maximum Gasteiger partial charge on any atom is 0.433 e. The molecule has 6 nitrogen and oxygen atoms in total. The highest BCUT2D eigenvalue weighted by atomic mass is 32.7. The second kappa shape index (κ2) is 7.63. The van der Waals surface area contributed by atoms with Gasteiger partial charge in [-0.25, -0.2) is 14.5 Å². The van der Waals surface area contributed by atoms with Crippen molar-refractivity contribution >= 4 is 24.1 Å². The van der Waals surface area contributed by atoms with Gasteiger partial charge in [0.1, 0.15) is 5.03 Å². The number of alkyl halides is 3. The third-order valence-electron chi connectivity index (χ3n) is 2.16. The second-order valence-electron chi connectivity index (χ2n) is 4.16. The van der Waals surface area contributed by atoms with Gasteiger partial charge in [0.25, 0.3) is 0 Å². The van der Waals surface area contributed by atoms with E-state index in [4.69, 9.17) is 9.05 Å². The Labute approximate surface area is 130 Å². The molecule has 0 unspecified atom stereocenters. The molecule has 0 amide bonds. The van der Waals surface area contributed by atoms with Crippen LogP contribution in [0.2, 0.25) is 0 Å². The Balaban J connectivity index is 3.22. The summed E-state index contributed by atoms with van der Waals surface area (Å²) in [6.07, 6.45) is -4.63. The molecule has 0 saturated carbocycles. The molecule has 0 aliphatic carbocycles. The number of halogens is 3. The summed E-state index contributed by atoms with van der Waals surface area (Å²) in [7, 11) is 3.02. The van der Waals surface area contributed by atoms with Gasteiger partial charge in [-0.3, -0.25) is 0 Å². The Hall–Kier alpha value is -0.830. The lowest BCUT2D eigenvalue weighted by molar-refractivity contribution is -0.141. The maximum absolute atomic E-state index is 12.9. The van der Waals surface area contributed by atoms with Gasteiger partial charge in [-0.15, -0.1) is 0 Å². The fourth-order valence-electron chi connectivity index (χ4n) is 1.33. The van der Waals surface area contributed by atoms with Gasteiger partial charge in [0.2, 0.25) is 5.95 Å². The molecule has 126 valence electrons. The van der Waals surface area contributed by atoms with E-state index in [1.807, 2.05) is 0 Å². The quantitative estimate of drug-likeness (QED) is 0.541. The normalized spacial score (nSPS) is 12.5. The van der Waals surface area contributed by atoms with Crippen LogP contribution in [0.3, 0.4) is 0 Å². The summed E-state index contributed by atoms with van der Waals surface area (Å²) in [6.45, 7) is -0.205. The summed E-state index contributed by atoms with van der Waals surface area (Å²) in [6, 6.07) is 0.725. The molecular formula is C11H17F3N3O3PS. The second-order valence-corrected chi connectivity index (χ2v) is 8.06. The van der Waals surface area contributed by atoms with Gasteiger partial charge >= 0.3 is 13.0 Å². The summed E-state index contributed by atoms with van der Waals surface area (Å²) < 4.78 is 61.1. The van der Waals surface area contributed by atoms with Crippen molar-refractivity contribution in [1.82, 2.24) is 9.97 Å². The van der Waals surface area contributed by atoms with Gasteiger partial charge < -0.3 is 13.9 Å². The summed E-state index contributed by atoms with van der Waals surface area (Å²) in [4.78, 5) is 8.70. The lowest BCUT2D eigenvalue weighted by Gasteiger charge is -2.18. The van der Waals surface area contributed by atoms with E-state index in [2.05, 4.69) is 9.97 Å². The van der Waals surface area contributed by atoms with Crippen molar-refractivity contribution in [3.05, 3.63) is 11.8 Å². The molecule has 0 saturated heterocycles. The van der Waals surface area contributed by atoms with E-state index in [-0.39, 0.29) is 24.2 Å². The molecule has 0 bridgehead atoms. The highest BCUT2D eigenvalue weighted by Crippen LogP contribution is 2.63. The van der Waals surface area contributed by atoms with Gasteiger partial charge in [-0.05, 0) is 13.8 Å². The molecule has 1 aromatic heterocycles. The van der Waals surface area contributed by atoms with Crippen LogP contribution in [-0.4, -0.2) is 37.3 Å². The molecule has 22 heavy (non-hydrogen) atoms. The van der Waals surface area contributed by atoms with Crippen LogP contribution in [0.5, 0.6) is 0 Å². The molecule has 0 aromatic carbocycles. The molecule has 0 spiro atoms. The van der Waals surface area contributed by atoms with Crippen molar-refractivity contribution in [2.45, 2.75) is 25.0 Å². The predicted octanol–water partition coefficient (Wildman–Crippen LogP) is 3.83. The third-order valence-corrected chi connectivity index (χ3v) is 5.79. The molecule has 0 aliphatic heterocycles. The van der Waals surface area contributed by atoms with Crippen LogP contribution in [0, 0.1) is 0 Å². The number of hydrogen-bond donors (Lipinski definition) is 0. The van der Waals surface area contributed by atoms with E-state index >= 15 is 0 Å². The van der Waals surface area contributed by atoms with Gasteiger partial charge in [0, 0.05) is 31.5 Å². The van der Waals surface area contributed by atoms with Crippen LogP contribution >= 0.6 is 18.2 Å². The molecule has 11 heteroatoms. The van der Waals surface area contributed by atoms with E-state index in [1.54, 1.807) is 13.8 Å². The molecular weight excluding hydrogens is 342 g/mol. The van der Waals surface area contributed by atoms with Crippen molar-refractivity contribution in [2.24, 2.45) is 0 Å². The molecule has 1 heterocycles. The third kappa shape index (κ3) is 5.42. The van der Waals surface area contributed by atoms with Gasteiger partial charge in [0.15, 0.2) is 5.69 Å². The summed E-state index contributed by atoms with van der Waals surface area (Å²) in [5.41, 5.74) is -1.12. The Morgan fingerprint density at radius 1 is 1.23 bits per heavy atom. The van der Waals surface area contributed by atoms with E-state index in [9.17, 15) is 17.7 Å². The van der Waals surface area contributed by atoms with Crippen LogP contribution in [0.4, 0.5) is 19.1 Å². The van der Waals surface area contributed by atoms with E-state index in [1.165, 1.54) is 19.0 Å². The molecule has 0 atom stereocenters. The molecule has 0 fully saturated rings. The van der Waals surface area contributed by atoms with Crippen molar-refractivity contribution in [2.75, 3.05) is 32.2 Å². The minimum atomic E-state index is -4.63. The molecule has 1 rings (SSSR count). The van der Waals surface area contributed by atoms with Gasteiger partial charge in [0.05, 0.1) is 13.2 Å². The maximum atomic E-state index is 12.9. The minimum absolute atomic E-state index is 0.0992. The molecule has 0 N–H and O–H groups in total. The van der Waals surface area contributed by atoms with Crippen LogP contribution in [0.1, 0.15) is 19.5 Å². The first-order chi connectivity index (χ1) is 10.1. The van der Waals surface area contributed by atoms with Gasteiger partial charge in [-0.1, -0.05) is 0 Å². The number of rotatable bonds is 7. The largest absolute Gasteiger partial charge is 0.433 e. The first-order valence-corrected chi connectivity index (χ1v) is 9.30. The van der Waals surface area contributed by atoms with Crippen LogP contribution < -0.4 is 4.90 Å². The smallest absolute Gasteiger partial charge is 0.347 e. The topological polar surface area (TPSA) is 64.6 Å². The number of hydrogen-bond acceptors (Lipinski definition) is 7. The standard InChI is InChI=1S/C11H17F3N3O3PS/c1-5-19-21(18,20-6-2)22-9-7-8(11(12,13)14)15-10(16-9)17(3)4/h7H,5-6H2,1-4H3. The SMILES string of the molecule is CCOP(=O)(OCC)Sc1cc(C(F)(F)F)nc(N(C)C)n1. The lowest BCUT2D eigenvalue weighted by atomic mass is 10.4. The Bertz CT molecular complexity index is 547. The number of aromatic nitrogens is 2. The lowest BCUT2D eigenvalue weighted by Crippen LogP contribution is -2.17. The monoisotopic (exact) mass is 359 g/mol. The Morgan fingerprint density at radius 2 is 1.77 bits per heavy atom. The van der Waals surface area contributed by atoms with Crippen LogP contribution in [-0.2, 0) is 19.8 Å². The summed E-state index contributed by atoms with van der Waals surface area (Å²) in [5, 5.41) is -0.128. The number of anilines is 1. The minimum Gasteiger partial charge on any atom is -0.347 e. The summed E-state index contributed by atoms with van der Waals surface area (Å²) >= 11 is 0.535. The van der Waals surface area contributed by atoms with E-state index in [0.29, 0.717) is 11.4 Å². The van der Waals surface area contributed by atoms with Gasteiger partial charge in [-0.2, -0.15) is 13.2 Å². The molecule has 1 aromatic rings. The molecule has 0 radical (unpaired) electrons. The van der Waals surface area contributed by atoms with Crippen LogP contribution in [0.25, 0.3) is 0 Å². The zero-order chi connectivity index (χ0) is 17.0.